The van der Waals surface area contributed by atoms with E-state index in [0.29, 0.717) is 26.3 Å². The molecule has 10 heteroatoms. The van der Waals surface area contributed by atoms with Gasteiger partial charge in [-0.2, -0.15) is 13.2 Å². The van der Waals surface area contributed by atoms with Gasteiger partial charge in [-0.3, -0.25) is 9.10 Å². The Kier molecular flexibility index (Phi) is 6.37. The highest BCUT2D eigenvalue weighted by molar-refractivity contribution is 7.92. The lowest BCUT2D eigenvalue weighted by Crippen LogP contribution is -2.47. The summed E-state index contributed by atoms with van der Waals surface area (Å²) in [5.41, 5.74) is -0.404. The van der Waals surface area contributed by atoms with Crippen molar-refractivity contribution in [3.63, 3.8) is 0 Å². The molecule has 2 aromatic rings. The van der Waals surface area contributed by atoms with Gasteiger partial charge in [-0.15, -0.1) is 0 Å². The van der Waals surface area contributed by atoms with Crippen LogP contribution in [0.5, 0.6) is 0 Å². The van der Waals surface area contributed by atoms with Gasteiger partial charge < -0.3 is 9.64 Å². The van der Waals surface area contributed by atoms with Gasteiger partial charge in [0.15, 0.2) is 0 Å². The maximum Gasteiger partial charge on any atom is 0.416 e. The predicted octanol–water partition coefficient (Wildman–Crippen LogP) is 3.07. The number of morpholine rings is 1. The zero-order valence-corrected chi connectivity index (χ0v) is 17.0. The second kappa shape index (κ2) is 8.65. The number of nitrogens with zero attached hydrogens (tertiary/aromatic N) is 2. The van der Waals surface area contributed by atoms with Crippen LogP contribution >= 0.6 is 0 Å². The number of sulfonamides is 1. The van der Waals surface area contributed by atoms with Crippen LogP contribution < -0.4 is 4.31 Å². The molecule has 0 aromatic heterocycles. The van der Waals surface area contributed by atoms with Crippen LogP contribution in [0.1, 0.15) is 11.1 Å². The molecule has 0 atom stereocenters. The van der Waals surface area contributed by atoms with E-state index in [1.54, 1.807) is 19.1 Å². The minimum absolute atomic E-state index is 0.111. The minimum atomic E-state index is -4.65. The second-order valence-electron chi connectivity index (χ2n) is 6.87. The largest absolute Gasteiger partial charge is 0.416 e. The Hall–Kier alpha value is -2.59. The van der Waals surface area contributed by atoms with Gasteiger partial charge in [0.2, 0.25) is 5.91 Å². The van der Waals surface area contributed by atoms with E-state index in [4.69, 9.17) is 4.74 Å². The molecule has 0 N–H and O–H groups in total. The quantitative estimate of drug-likeness (QED) is 0.714. The smallest absolute Gasteiger partial charge is 0.378 e. The average Bonchev–Trinajstić information content (AvgIpc) is 2.72. The summed E-state index contributed by atoms with van der Waals surface area (Å²) >= 11 is 0. The number of carbonyl (C=O) groups excluding carboxylic acids is 1. The molecule has 3 rings (SSSR count). The van der Waals surface area contributed by atoms with Crippen molar-refractivity contribution in [3.05, 3.63) is 59.7 Å². The fourth-order valence-electron chi connectivity index (χ4n) is 3.03. The van der Waals surface area contributed by atoms with Crippen LogP contribution in [0.4, 0.5) is 18.9 Å². The van der Waals surface area contributed by atoms with Crippen LogP contribution in [0.2, 0.25) is 0 Å². The number of carbonyl (C=O) groups is 1. The normalized spacial score (nSPS) is 15.1. The van der Waals surface area contributed by atoms with E-state index in [0.717, 1.165) is 28.1 Å². The van der Waals surface area contributed by atoms with Gasteiger partial charge in [-0.1, -0.05) is 23.8 Å². The summed E-state index contributed by atoms with van der Waals surface area (Å²) in [4.78, 5) is 14.1. The zero-order valence-electron chi connectivity index (χ0n) is 16.2. The van der Waals surface area contributed by atoms with Gasteiger partial charge >= 0.3 is 6.18 Å². The number of ether oxygens (including phenoxy) is 1. The van der Waals surface area contributed by atoms with Crippen LogP contribution in [0.15, 0.2) is 53.4 Å². The van der Waals surface area contributed by atoms with E-state index in [-0.39, 0.29) is 10.6 Å². The van der Waals surface area contributed by atoms with Crippen molar-refractivity contribution in [1.82, 2.24) is 4.90 Å². The molecular weight excluding hydrogens is 421 g/mol. The maximum atomic E-state index is 13.3. The highest BCUT2D eigenvalue weighted by Gasteiger charge is 2.34. The Bertz CT molecular complexity index is 1000. The number of aryl methyl sites for hydroxylation is 1. The summed E-state index contributed by atoms with van der Waals surface area (Å²) < 4.78 is 72.0. The third-order valence-electron chi connectivity index (χ3n) is 4.71. The molecule has 0 bridgehead atoms. The van der Waals surface area contributed by atoms with E-state index < -0.39 is 34.2 Å². The fourth-order valence-corrected chi connectivity index (χ4v) is 4.43. The molecule has 0 radical (unpaired) electrons. The number of benzene rings is 2. The first-order chi connectivity index (χ1) is 14.1. The van der Waals surface area contributed by atoms with E-state index >= 15 is 0 Å². The molecule has 1 aliphatic heterocycles. The first-order valence-electron chi connectivity index (χ1n) is 9.21. The molecule has 0 aliphatic carbocycles. The SMILES string of the molecule is Cc1ccc(S(=O)(=O)N(CC(=O)N2CCOCC2)c2cccc(C(F)(F)F)c2)cc1. The molecule has 0 saturated carbocycles. The van der Waals surface area contributed by atoms with Crippen LogP contribution in [-0.4, -0.2) is 52.1 Å². The topological polar surface area (TPSA) is 66.9 Å². The van der Waals surface area contributed by atoms with E-state index in [1.165, 1.54) is 23.1 Å². The molecule has 1 saturated heterocycles. The third-order valence-corrected chi connectivity index (χ3v) is 6.50. The Morgan fingerprint density at radius 2 is 1.73 bits per heavy atom. The molecule has 6 nitrogen and oxygen atoms in total. The summed E-state index contributed by atoms with van der Waals surface area (Å²) in [6.45, 7) is 2.39. The van der Waals surface area contributed by atoms with Crippen molar-refractivity contribution in [1.29, 1.82) is 0 Å². The number of amides is 1. The lowest BCUT2D eigenvalue weighted by Gasteiger charge is -2.30. The van der Waals surface area contributed by atoms with E-state index in [9.17, 15) is 26.4 Å². The van der Waals surface area contributed by atoms with Crippen LogP contribution in [0, 0.1) is 6.92 Å². The Morgan fingerprint density at radius 3 is 2.33 bits per heavy atom. The number of hydrogen-bond acceptors (Lipinski definition) is 4. The minimum Gasteiger partial charge on any atom is -0.378 e. The molecule has 1 fully saturated rings. The first kappa shape index (κ1) is 22.1. The van der Waals surface area contributed by atoms with Crippen molar-refractivity contribution >= 4 is 21.6 Å². The Balaban J connectivity index is 2.02. The Morgan fingerprint density at radius 1 is 1.10 bits per heavy atom. The van der Waals surface area contributed by atoms with Gasteiger partial charge in [0.05, 0.1) is 29.4 Å². The lowest BCUT2D eigenvalue weighted by molar-refractivity contribution is -0.137. The zero-order chi connectivity index (χ0) is 21.9. The van der Waals surface area contributed by atoms with Gasteiger partial charge in [-0.25, -0.2) is 8.42 Å². The maximum absolute atomic E-state index is 13.3. The first-order valence-corrected chi connectivity index (χ1v) is 10.7. The van der Waals surface area contributed by atoms with Crippen molar-refractivity contribution in [2.75, 3.05) is 37.2 Å². The number of rotatable bonds is 5. The van der Waals surface area contributed by atoms with Crippen molar-refractivity contribution < 1.29 is 31.1 Å². The summed E-state index contributed by atoms with van der Waals surface area (Å²) in [6.07, 6.45) is -4.65. The summed E-state index contributed by atoms with van der Waals surface area (Å²) in [5, 5.41) is 0. The number of halogens is 3. The summed E-state index contributed by atoms with van der Waals surface area (Å²) in [5.74, 6) is -0.508. The summed E-state index contributed by atoms with van der Waals surface area (Å²) in [6, 6.07) is 9.85. The summed E-state index contributed by atoms with van der Waals surface area (Å²) in [7, 11) is -4.28. The molecule has 1 aliphatic rings. The van der Waals surface area contributed by atoms with Crippen molar-refractivity contribution in [3.8, 4) is 0 Å². The number of anilines is 1. The molecule has 0 spiro atoms. The molecule has 1 amide bonds. The lowest BCUT2D eigenvalue weighted by atomic mass is 10.2. The average molecular weight is 442 g/mol. The van der Waals surface area contributed by atoms with Crippen LogP contribution in [0.25, 0.3) is 0 Å². The van der Waals surface area contributed by atoms with E-state index in [2.05, 4.69) is 0 Å². The van der Waals surface area contributed by atoms with Crippen LogP contribution in [-0.2, 0) is 25.7 Å². The molecule has 1 heterocycles. The van der Waals surface area contributed by atoms with Crippen molar-refractivity contribution in [2.45, 2.75) is 18.0 Å². The molecule has 162 valence electrons. The van der Waals surface area contributed by atoms with Gasteiger partial charge in [0.1, 0.15) is 6.54 Å². The van der Waals surface area contributed by atoms with Gasteiger partial charge in [0.25, 0.3) is 10.0 Å². The molecular formula is C20H21F3N2O4S. The van der Waals surface area contributed by atoms with Crippen LogP contribution in [0.3, 0.4) is 0 Å². The molecule has 30 heavy (non-hydrogen) atoms. The number of hydrogen-bond donors (Lipinski definition) is 0. The third kappa shape index (κ3) is 4.93. The monoisotopic (exact) mass is 442 g/mol. The van der Waals surface area contributed by atoms with Crippen molar-refractivity contribution in [2.24, 2.45) is 0 Å². The highest BCUT2D eigenvalue weighted by atomic mass is 32.2. The van der Waals surface area contributed by atoms with E-state index in [1.807, 2.05) is 0 Å². The molecule has 2 aromatic carbocycles. The second-order valence-corrected chi connectivity index (χ2v) is 8.73. The van der Waals surface area contributed by atoms with Gasteiger partial charge in [0, 0.05) is 13.1 Å². The fraction of sp³-hybridized carbons (Fsp3) is 0.350. The number of alkyl halides is 3. The predicted molar refractivity (Wildman–Crippen MR) is 105 cm³/mol. The molecule has 0 unspecified atom stereocenters. The standard InChI is InChI=1S/C20H21F3N2O4S/c1-15-5-7-18(8-6-15)30(27,28)25(14-19(26)24-9-11-29-12-10-24)17-4-2-3-16(13-17)20(21,22)23/h2-8,13H,9-12,14H2,1H3. The van der Waals surface area contributed by atoms with Gasteiger partial charge in [-0.05, 0) is 37.3 Å². The Labute approximate surface area is 172 Å². The highest BCUT2D eigenvalue weighted by Crippen LogP contribution is 2.33.